The average molecular weight is 264 g/mol. The first-order valence-electron chi connectivity index (χ1n) is 5.90. The quantitative estimate of drug-likeness (QED) is 0.479. The summed E-state index contributed by atoms with van der Waals surface area (Å²) in [6.07, 6.45) is 2.98. The van der Waals surface area contributed by atoms with E-state index in [0.717, 1.165) is 0 Å². The lowest BCUT2D eigenvalue weighted by molar-refractivity contribution is -0.384. The Balaban J connectivity index is 2.70. The Labute approximate surface area is 111 Å². The van der Waals surface area contributed by atoms with Crippen molar-refractivity contribution < 1.29 is 14.8 Å². The smallest absolute Gasteiger partial charge is 0.269 e. The molecule has 0 atom stereocenters. The van der Waals surface area contributed by atoms with E-state index >= 15 is 0 Å². The van der Waals surface area contributed by atoms with Crippen molar-refractivity contribution in [3.8, 4) is 0 Å². The number of nitro groups is 1. The second-order valence-electron chi connectivity index (χ2n) is 3.82. The number of carbonyl (C=O) groups is 1. The molecule has 0 saturated heterocycles. The molecule has 19 heavy (non-hydrogen) atoms. The zero-order valence-electron chi connectivity index (χ0n) is 10.7. The van der Waals surface area contributed by atoms with Gasteiger partial charge in [-0.1, -0.05) is 0 Å². The highest BCUT2D eigenvalue weighted by atomic mass is 16.6. The number of likely N-dealkylation sites (N-methyl/N-ethyl adjacent to an activating group) is 1. The van der Waals surface area contributed by atoms with Crippen LogP contribution in [0.1, 0.15) is 12.5 Å². The van der Waals surface area contributed by atoms with Gasteiger partial charge >= 0.3 is 0 Å². The van der Waals surface area contributed by atoms with Crippen molar-refractivity contribution in [1.82, 2.24) is 4.90 Å². The summed E-state index contributed by atoms with van der Waals surface area (Å²) in [5.41, 5.74) is 0.720. The third kappa shape index (κ3) is 4.51. The van der Waals surface area contributed by atoms with Gasteiger partial charge in [0.1, 0.15) is 0 Å². The van der Waals surface area contributed by atoms with Crippen LogP contribution in [0.3, 0.4) is 0 Å². The molecule has 0 aliphatic carbocycles. The van der Waals surface area contributed by atoms with Crippen LogP contribution in [0.4, 0.5) is 5.69 Å². The largest absolute Gasteiger partial charge is 0.395 e. The molecule has 102 valence electrons. The topological polar surface area (TPSA) is 83.7 Å². The molecular weight excluding hydrogens is 248 g/mol. The maximum absolute atomic E-state index is 11.7. The lowest BCUT2D eigenvalue weighted by Gasteiger charge is -2.17. The van der Waals surface area contributed by atoms with Crippen molar-refractivity contribution in [2.75, 3.05) is 19.7 Å². The molecule has 0 aliphatic rings. The number of non-ortho nitro benzene ring substituents is 1. The molecule has 1 rings (SSSR count). The second kappa shape index (κ2) is 7.27. The summed E-state index contributed by atoms with van der Waals surface area (Å²) in [4.78, 5) is 23.2. The molecule has 0 unspecified atom stereocenters. The normalized spacial score (nSPS) is 10.6. The number of aliphatic hydroxyl groups is 1. The number of nitrogens with zero attached hydrogens (tertiary/aromatic N) is 2. The van der Waals surface area contributed by atoms with E-state index in [2.05, 4.69) is 0 Å². The number of amides is 1. The molecule has 0 aromatic heterocycles. The van der Waals surface area contributed by atoms with Crippen LogP contribution in [0.15, 0.2) is 30.3 Å². The molecule has 0 heterocycles. The summed E-state index contributed by atoms with van der Waals surface area (Å²) in [5.74, 6) is -0.199. The van der Waals surface area contributed by atoms with Gasteiger partial charge in [-0.25, -0.2) is 0 Å². The number of carbonyl (C=O) groups excluding carboxylic acids is 1. The van der Waals surface area contributed by atoms with Crippen LogP contribution in [0.25, 0.3) is 6.08 Å². The van der Waals surface area contributed by atoms with Crippen LogP contribution in [0.2, 0.25) is 0 Å². The first-order chi connectivity index (χ1) is 9.08. The molecule has 0 spiro atoms. The van der Waals surface area contributed by atoms with Crippen LogP contribution >= 0.6 is 0 Å². The summed E-state index contributed by atoms with van der Waals surface area (Å²) < 4.78 is 0. The van der Waals surface area contributed by atoms with Crippen molar-refractivity contribution in [2.45, 2.75) is 6.92 Å². The minimum absolute atomic E-state index is 0.0129. The number of aliphatic hydroxyl groups excluding tert-OH is 1. The first kappa shape index (κ1) is 14.8. The number of hydrogen-bond acceptors (Lipinski definition) is 4. The van der Waals surface area contributed by atoms with Crippen molar-refractivity contribution in [2.24, 2.45) is 0 Å². The monoisotopic (exact) mass is 264 g/mol. The van der Waals surface area contributed by atoms with Crippen LogP contribution < -0.4 is 0 Å². The standard InChI is InChI=1S/C13H16N2O4/c1-2-14(9-10-16)13(17)8-5-11-3-6-12(7-4-11)15(18)19/h3-8,16H,2,9-10H2,1H3/b8-5+. The van der Waals surface area contributed by atoms with E-state index in [9.17, 15) is 14.9 Å². The molecule has 0 fully saturated rings. The van der Waals surface area contributed by atoms with Gasteiger partial charge in [-0.05, 0) is 30.7 Å². The Kier molecular flexibility index (Phi) is 5.69. The lowest BCUT2D eigenvalue weighted by Crippen LogP contribution is -2.31. The van der Waals surface area contributed by atoms with E-state index in [1.807, 2.05) is 6.92 Å². The second-order valence-corrected chi connectivity index (χ2v) is 3.82. The molecule has 1 amide bonds. The van der Waals surface area contributed by atoms with Crippen molar-refractivity contribution in [3.05, 3.63) is 46.0 Å². The van der Waals surface area contributed by atoms with Gasteiger partial charge < -0.3 is 10.0 Å². The number of rotatable bonds is 6. The lowest BCUT2D eigenvalue weighted by atomic mass is 10.2. The fourth-order valence-corrected chi connectivity index (χ4v) is 1.52. The maximum Gasteiger partial charge on any atom is 0.269 e. The molecule has 0 aliphatic heterocycles. The fourth-order valence-electron chi connectivity index (χ4n) is 1.52. The highest BCUT2D eigenvalue weighted by molar-refractivity contribution is 5.91. The van der Waals surface area contributed by atoms with Gasteiger partial charge in [-0.15, -0.1) is 0 Å². The molecule has 1 N–H and O–H groups in total. The summed E-state index contributed by atoms with van der Waals surface area (Å²) in [5, 5.41) is 19.3. The molecule has 0 saturated carbocycles. The molecule has 6 heteroatoms. The number of nitro benzene ring substituents is 1. The van der Waals surface area contributed by atoms with E-state index in [1.54, 1.807) is 18.2 Å². The SMILES string of the molecule is CCN(CCO)C(=O)/C=C/c1ccc([N+](=O)[O-])cc1. The summed E-state index contributed by atoms with van der Waals surface area (Å²) in [6, 6.07) is 5.92. The Morgan fingerprint density at radius 1 is 1.42 bits per heavy atom. The van der Waals surface area contributed by atoms with Crippen molar-refractivity contribution >= 4 is 17.7 Å². The average Bonchev–Trinajstić information content (AvgIpc) is 2.42. The number of benzene rings is 1. The summed E-state index contributed by atoms with van der Waals surface area (Å²) in [6.45, 7) is 2.56. The third-order valence-corrected chi connectivity index (χ3v) is 2.59. The van der Waals surface area contributed by atoms with Gasteiger partial charge in [0.15, 0.2) is 0 Å². The number of hydrogen-bond donors (Lipinski definition) is 1. The van der Waals surface area contributed by atoms with Crippen LogP contribution in [0.5, 0.6) is 0 Å². The van der Waals surface area contributed by atoms with E-state index in [0.29, 0.717) is 18.7 Å². The fraction of sp³-hybridized carbons (Fsp3) is 0.308. The predicted molar refractivity (Wildman–Crippen MR) is 71.5 cm³/mol. The van der Waals surface area contributed by atoms with E-state index in [4.69, 9.17) is 5.11 Å². The van der Waals surface area contributed by atoms with Gasteiger partial charge in [0.05, 0.1) is 11.5 Å². The minimum Gasteiger partial charge on any atom is -0.395 e. The van der Waals surface area contributed by atoms with Gasteiger partial charge in [0.2, 0.25) is 5.91 Å². The predicted octanol–water partition coefficient (Wildman–Crippen LogP) is 1.45. The Morgan fingerprint density at radius 3 is 2.53 bits per heavy atom. The Morgan fingerprint density at radius 2 is 2.05 bits per heavy atom. The van der Waals surface area contributed by atoms with Crippen LogP contribution in [0, 0.1) is 10.1 Å². The van der Waals surface area contributed by atoms with E-state index in [-0.39, 0.29) is 18.2 Å². The molecule has 6 nitrogen and oxygen atoms in total. The van der Waals surface area contributed by atoms with Crippen molar-refractivity contribution in [1.29, 1.82) is 0 Å². The first-order valence-corrected chi connectivity index (χ1v) is 5.90. The maximum atomic E-state index is 11.7. The molecule has 1 aromatic rings. The molecule has 0 bridgehead atoms. The highest BCUT2D eigenvalue weighted by Gasteiger charge is 2.07. The summed E-state index contributed by atoms with van der Waals surface area (Å²) in [7, 11) is 0. The van der Waals surface area contributed by atoms with Crippen molar-refractivity contribution in [3.63, 3.8) is 0 Å². The van der Waals surface area contributed by atoms with Gasteiger partial charge in [0, 0.05) is 31.3 Å². The van der Waals surface area contributed by atoms with Gasteiger partial charge in [-0.2, -0.15) is 0 Å². The molecule has 0 radical (unpaired) electrons. The highest BCUT2D eigenvalue weighted by Crippen LogP contribution is 2.12. The van der Waals surface area contributed by atoms with Gasteiger partial charge in [0.25, 0.3) is 5.69 Å². The third-order valence-electron chi connectivity index (χ3n) is 2.59. The molecule has 1 aromatic carbocycles. The van der Waals surface area contributed by atoms with Crippen LogP contribution in [-0.2, 0) is 4.79 Å². The van der Waals surface area contributed by atoms with Crippen LogP contribution in [-0.4, -0.2) is 40.5 Å². The van der Waals surface area contributed by atoms with E-state index in [1.165, 1.54) is 23.1 Å². The Bertz CT molecular complexity index is 468. The van der Waals surface area contributed by atoms with E-state index < -0.39 is 4.92 Å². The zero-order valence-corrected chi connectivity index (χ0v) is 10.7. The molecular formula is C13H16N2O4. The van der Waals surface area contributed by atoms with Gasteiger partial charge in [-0.3, -0.25) is 14.9 Å². The Hall–Kier alpha value is -2.21. The summed E-state index contributed by atoms with van der Waals surface area (Å²) >= 11 is 0. The zero-order chi connectivity index (χ0) is 14.3. The minimum atomic E-state index is -0.473.